The highest BCUT2D eigenvalue weighted by atomic mass is 32.1. The van der Waals surface area contributed by atoms with E-state index in [1.807, 2.05) is 4.98 Å². The number of aliphatic hydroxyl groups excluding tert-OH is 2. The molecular weight excluding hydrogens is 516 g/mol. The number of aliphatic hydroxyl groups is 2. The van der Waals surface area contributed by atoms with Gasteiger partial charge >= 0.3 is 29.2 Å². The molecule has 16 nitrogen and oxygen atoms in total. The molecule has 21 heteroatoms. The van der Waals surface area contributed by atoms with Crippen LogP contribution in [-0.4, -0.2) is 57.3 Å². The number of rotatable bonds is 7. The zero-order chi connectivity index (χ0) is 24.0. The zero-order valence-corrected chi connectivity index (χ0v) is 17.9. The van der Waals surface area contributed by atoms with Crippen molar-refractivity contribution < 1.29 is 65.8 Å². The highest BCUT2D eigenvalue weighted by Crippen LogP contribution is 2.67. The van der Waals surface area contributed by atoms with Gasteiger partial charge in [0, 0.05) is 0 Å². The molecule has 0 radical (unpaired) electrons. The van der Waals surface area contributed by atoms with Crippen LogP contribution in [0.3, 0.4) is 0 Å². The van der Waals surface area contributed by atoms with E-state index >= 15 is 0 Å². The molecule has 31 heavy (non-hydrogen) atoms. The fraction of sp³-hybridized carbons (Fsp3) is 0.400. The van der Waals surface area contributed by atoms with Gasteiger partial charge < -0.3 is 34.5 Å². The lowest BCUT2D eigenvalue weighted by atomic mass is 10.1. The second kappa shape index (κ2) is 8.67. The van der Waals surface area contributed by atoms with Gasteiger partial charge in [-0.05, 0) is 5.92 Å². The number of phosphoric ester groups is 1. The Kier molecular flexibility index (Phi) is 7.31. The van der Waals surface area contributed by atoms with Crippen molar-refractivity contribution in [1.82, 2.24) is 9.55 Å². The van der Waals surface area contributed by atoms with E-state index in [2.05, 4.69) is 25.4 Å². The van der Waals surface area contributed by atoms with Crippen LogP contribution >= 0.6 is 35.7 Å². The number of aromatic amines is 1. The van der Waals surface area contributed by atoms with Crippen LogP contribution in [0.5, 0.6) is 0 Å². The third-order valence-corrected chi connectivity index (χ3v) is 7.49. The molecule has 0 aliphatic carbocycles. The van der Waals surface area contributed by atoms with Gasteiger partial charge in [-0.15, -0.1) is 6.42 Å². The molecule has 3 unspecified atom stereocenters. The van der Waals surface area contributed by atoms with Gasteiger partial charge in [-0.3, -0.25) is 9.55 Å². The molecule has 1 saturated heterocycles. The second-order valence-corrected chi connectivity index (χ2v) is 10.3. The molecular formula is C10H12FN2O14P3S. The van der Waals surface area contributed by atoms with Crippen molar-refractivity contribution in [2.45, 2.75) is 24.2 Å². The summed E-state index contributed by atoms with van der Waals surface area (Å²) in [5, 5.41) is 20.3. The molecule has 0 aromatic carbocycles. The van der Waals surface area contributed by atoms with Crippen molar-refractivity contribution >= 4 is 35.7 Å². The van der Waals surface area contributed by atoms with Crippen LogP contribution in [0.2, 0.25) is 0 Å². The van der Waals surface area contributed by atoms with Gasteiger partial charge in [0.2, 0.25) is 0 Å². The van der Waals surface area contributed by atoms with E-state index in [-0.39, 0.29) is 0 Å². The first-order valence-electron chi connectivity index (χ1n) is 7.29. The zero-order valence-electron chi connectivity index (χ0n) is 14.4. The number of phosphoric acid groups is 3. The van der Waals surface area contributed by atoms with Crippen molar-refractivity contribution in [2.24, 2.45) is 0 Å². The molecule has 0 bridgehead atoms. The number of halogens is 1. The lowest BCUT2D eigenvalue weighted by Gasteiger charge is -2.28. The number of H-pyrrole nitrogens is 1. The van der Waals surface area contributed by atoms with E-state index in [4.69, 9.17) is 25.8 Å². The lowest BCUT2D eigenvalue weighted by Crippen LogP contribution is -2.43. The van der Waals surface area contributed by atoms with Crippen molar-refractivity contribution in [3.8, 4) is 12.3 Å². The maximum Gasteiger partial charge on any atom is 0.490 e. The van der Waals surface area contributed by atoms with Crippen molar-refractivity contribution in [3.05, 3.63) is 27.1 Å². The summed E-state index contributed by atoms with van der Waals surface area (Å²) in [6.07, 6.45) is -1.18. The first-order chi connectivity index (χ1) is 13.9. The minimum Gasteiger partial charge on any atom is -0.385 e. The number of nitrogens with one attached hydrogen (secondary N) is 1. The van der Waals surface area contributed by atoms with E-state index in [0.29, 0.717) is 10.8 Å². The number of aromatic nitrogens is 2. The topological polar surface area (TPSA) is 247 Å². The van der Waals surface area contributed by atoms with Gasteiger partial charge in [-0.1, -0.05) is 12.2 Å². The van der Waals surface area contributed by atoms with Gasteiger partial charge in [0.05, 0.1) is 6.20 Å². The lowest BCUT2D eigenvalue weighted by molar-refractivity contribution is -0.187. The summed E-state index contributed by atoms with van der Waals surface area (Å²) < 4.78 is 63.7. The summed E-state index contributed by atoms with van der Waals surface area (Å²) in [4.78, 5) is 49.6. The number of hydrogen-bond acceptors (Lipinski definition) is 11. The Morgan fingerprint density at radius 1 is 1.23 bits per heavy atom. The minimum atomic E-state index is -5.95. The average molecular weight is 528 g/mol. The van der Waals surface area contributed by atoms with Crippen molar-refractivity contribution in [2.75, 3.05) is 0 Å². The Hall–Kier alpha value is -1.12. The van der Waals surface area contributed by atoms with E-state index in [1.165, 1.54) is 5.92 Å². The summed E-state index contributed by atoms with van der Waals surface area (Å²) in [5.74, 6) is -2.81. The molecule has 1 aliphatic heterocycles. The molecule has 0 spiro atoms. The van der Waals surface area contributed by atoms with Gasteiger partial charge in [0.25, 0.3) is 5.79 Å². The molecule has 0 saturated carbocycles. The SMILES string of the molecule is C#C[C@]1(OP(=O)(O)OP(=O)(O)OP(=O)(O)O)O[C@@H](n2cc(F)c(=S)[nH]c2=O)C(O)[C@H]1O. The van der Waals surface area contributed by atoms with E-state index in [1.54, 1.807) is 0 Å². The molecule has 7 N–H and O–H groups in total. The molecule has 6 atom stereocenters. The fourth-order valence-electron chi connectivity index (χ4n) is 2.26. The summed E-state index contributed by atoms with van der Waals surface area (Å²) in [6.45, 7) is 0. The van der Waals surface area contributed by atoms with E-state index in [0.717, 1.165) is 0 Å². The Bertz CT molecular complexity index is 1170. The van der Waals surface area contributed by atoms with Crippen LogP contribution in [-0.2, 0) is 31.6 Å². The molecule has 2 heterocycles. The summed E-state index contributed by atoms with van der Waals surface area (Å²) in [6, 6.07) is 0. The Morgan fingerprint density at radius 3 is 2.32 bits per heavy atom. The van der Waals surface area contributed by atoms with Crippen molar-refractivity contribution in [1.29, 1.82) is 0 Å². The standard InChI is InChI=1S/C10H12FN2O14P3S/c1-2-10(25-29(20,21)27-30(22,23)26-28(17,18)19)6(15)5(14)8(24-10)13-3-4(11)7(31)12-9(13)16/h1,3,5-6,8,14-15H,(H,20,21)(H,22,23)(H,12,16,31)(H2,17,18,19)/t5?,6-,8-,10-/m1/s1. The highest BCUT2D eigenvalue weighted by Gasteiger charge is 2.60. The molecule has 1 fully saturated rings. The minimum absolute atomic E-state index is 0.318. The fourth-order valence-corrected chi connectivity index (χ4v) is 5.59. The molecule has 1 aromatic heterocycles. The second-order valence-electron chi connectivity index (χ2n) is 5.58. The monoisotopic (exact) mass is 528 g/mol. The number of nitrogens with zero attached hydrogens (tertiary/aromatic N) is 1. The normalized spacial score (nSPS) is 30.3. The largest absolute Gasteiger partial charge is 0.490 e. The summed E-state index contributed by atoms with van der Waals surface area (Å²) >= 11 is 4.50. The van der Waals surface area contributed by atoms with Gasteiger partial charge in [0.15, 0.2) is 18.1 Å². The molecule has 2 rings (SSSR count). The molecule has 1 aliphatic rings. The summed E-state index contributed by atoms with van der Waals surface area (Å²) in [7, 11) is -17.6. The van der Waals surface area contributed by atoms with Crippen LogP contribution in [0.1, 0.15) is 6.23 Å². The third kappa shape index (κ3) is 6.02. The first-order valence-corrected chi connectivity index (χ1v) is 12.2. The Balaban J connectivity index is 2.38. The van der Waals surface area contributed by atoms with Crippen LogP contribution in [0.25, 0.3) is 0 Å². The number of ether oxygens (including phenoxy) is 1. The maximum absolute atomic E-state index is 13.7. The average Bonchev–Trinajstić information content (AvgIpc) is 2.80. The molecule has 174 valence electrons. The molecule has 1 aromatic rings. The Labute approximate surface area is 175 Å². The van der Waals surface area contributed by atoms with Gasteiger partial charge in [-0.2, -0.15) is 8.62 Å². The predicted octanol–water partition coefficient (Wildman–Crippen LogP) is -1.03. The first kappa shape index (κ1) is 26.1. The van der Waals surface area contributed by atoms with Crippen molar-refractivity contribution in [3.63, 3.8) is 0 Å². The van der Waals surface area contributed by atoms with Gasteiger partial charge in [0.1, 0.15) is 10.7 Å². The third-order valence-electron chi connectivity index (χ3n) is 3.37. The smallest absolute Gasteiger partial charge is 0.385 e. The molecule has 0 amide bonds. The summed E-state index contributed by atoms with van der Waals surface area (Å²) in [5.41, 5.74) is -1.17. The number of terminal acetylenes is 1. The maximum atomic E-state index is 13.7. The number of hydrogen-bond donors (Lipinski definition) is 7. The predicted molar refractivity (Wildman–Crippen MR) is 94.5 cm³/mol. The highest BCUT2D eigenvalue weighted by molar-refractivity contribution is 7.71. The van der Waals surface area contributed by atoms with Gasteiger partial charge in [-0.25, -0.2) is 27.4 Å². The Morgan fingerprint density at radius 2 is 1.81 bits per heavy atom. The van der Waals surface area contributed by atoms with E-state index in [9.17, 15) is 38.0 Å². The van der Waals surface area contributed by atoms with Crippen LogP contribution < -0.4 is 5.69 Å². The van der Waals surface area contributed by atoms with Crippen LogP contribution in [0.15, 0.2) is 11.0 Å². The van der Waals surface area contributed by atoms with Crippen LogP contribution in [0.4, 0.5) is 4.39 Å². The van der Waals surface area contributed by atoms with Crippen LogP contribution in [0, 0.1) is 22.8 Å². The quantitative estimate of drug-likeness (QED) is 0.127. The van der Waals surface area contributed by atoms with E-state index < -0.39 is 63.8 Å².